The molecule has 3 rings (SSSR count). The SMILES string of the molecule is O=C(Nc1ccccc1)[C@@H]1CCCN(C(=O)c2ccc(=O)[nH]n2)C1. The molecule has 1 aliphatic rings. The van der Waals surface area contributed by atoms with Crippen LogP contribution in [0.1, 0.15) is 23.3 Å². The van der Waals surface area contributed by atoms with Crippen molar-refractivity contribution in [1.82, 2.24) is 15.1 Å². The third-order valence-electron chi connectivity index (χ3n) is 4.02. The number of aromatic nitrogens is 2. The van der Waals surface area contributed by atoms with Crippen LogP contribution in [-0.2, 0) is 4.79 Å². The molecule has 24 heavy (non-hydrogen) atoms. The van der Waals surface area contributed by atoms with Crippen LogP contribution in [-0.4, -0.2) is 40.0 Å². The van der Waals surface area contributed by atoms with Gasteiger partial charge in [0.2, 0.25) is 5.91 Å². The van der Waals surface area contributed by atoms with Gasteiger partial charge in [-0.25, -0.2) is 5.10 Å². The Hall–Kier alpha value is -2.96. The van der Waals surface area contributed by atoms with E-state index in [1.54, 1.807) is 4.90 Å². The number of H-pyrrole nitrogens is 1. The van der Waals surface area contributed by atoms with E-state index in [0.29, 0.717) is 13.1 Å². The van der Waals surface area contributed by atoms with Gasteiger partial charge in [0.25, 0.3) is 11.5 Å². The molecule has 0 bridgehead atoms. The Morgan fingerprint density at radius 1 is 1.17 bits per heavy atom. The maximum atomic E-state index is 12.4. The van der Waals surface area contributed by atoms with Crippen molar-refractivity contribution in [2.24, 2.45) is 5.92 Å². The van der Waals surface area contributed by atoms with E-state index in [0.717, 1.165) is 18.5 Å². The number of anilines is 1. The number of para-hydroxylation sites is 1. The number of amides is 2. The molecule has 2 heterocycles. The highest BCUT2D eigenvalue weighted by Crippen LogP contribution is 2.20. The predicted molar refractivity (Wildman–Crippen MR) is 88.6 cm³/mol. The standard InChI is InChI=1S/C17H18N4O3/c22-15-9-8-14(19-20-15)17(24)21-10-4-5-12(11-21)16(23)18-13-6-2-1-3-7-13/h1-3,6-9,12H,4-5,10-11H2,(H,18,23)(H,20,22)/t12-/m1/s1. The molecule has 0 unspecified atom stereocenters. The number of piperidine rings is 1. The smallest absolute Gasteiger partial charge is 0.274 e. The second-order valence-corrected chi connectivity index (χ2v) is 5.75. The molecule has 124 valence electrons. The second-order valence-electron chi connectivity index (χ2n) is 5.75. The van der Waals surface area contributed by atoms with E-state index in [2.05, 4.69) is 15.5 Å². The lowest BCUT2D eigenvalue weighted by Gasteiger charge is -2.31. The monoisotopic (exact) mass is 326 g/mol. The summed E-state index contributed by atoms with van der Waals surface area (Å²) in [5, 5.41) is 8.89. The van der Waals surface area contributed by atoms with Crippen LogP contribution in [0.3, 0.4) is 0 Å². The molecule has 1 fully saturated rings. The highest BCUT2D eigenvalue weighted by Gasteiger charge is 2.29. The molecule has 2 N–H and O–H groups in total. The summed E-state index contributed by atoms with van der Waals surface area (Å²) in [6.07, 6.45) is 1.49. The third kappa shape index (κ3) is 3.68. The number of nitrogens with zero attached hydrogens (tertiary/aromatic N) is 2. The normalized spacial score (nSPS) is 17.3. The van der Waals surface area contributed by atoms with E-state index in [1.165, 1.54) is 12.1 Å². The molecule has 0 spiro atoms. The zero-order valence-corrected chi connectivity index (χ0v) is 13.1. The van der Waals surface area contributed by atoms with E-state index < -0.39 is 0 Å². The number of rotatable bonds is 3. The quantitative estimate of drug-likeness (QED) is 0.888. The van der Waals surface area contributed by atoms with Crippen molar-refractivity contribution in [2.45, 2.75) is 12.8 Å². The fourth-order valence-electron chi connectivity index (χ4n) is 2.77. The summed E-state index contributed by atoms with van der Waals surface area (Å²) in [4.78, 5) is 37.5. The number of hydrogen-bond acceptors (Lipinski definition) is 4. The van der Waals surface area contributed by atoms with E-state index in [1.807, 2.05) is 30.3 Å². The molecule has 0 saturated carbocycles. The van der Waals surface area contributed by atoms with Crippen LogP contribution in [0, 0.1) is 5.92 Å². The van der Waals surface area contributed by atoms with Gasteiger partial charge in [0.15, 0.2) is 0 Å². The number of likely N-dealkylation sites (tertiary alicyclic amines) is 1. The molecule has 1 atom stereocenters. The molecule has 7 nitrogen and oxygen atoms in total. The van der Waals surface area contributed by atoms with Crippen molar-refractivity contribution in [3.8, 4) is 0 Å². The summed E-state index contributed by atoms with van der Waals surface area (Å²) >= 11 is 0. The maximum Gasteiger partial charge on any atom is 0.274 e. The first kappa shape index (κ1) is 15.9. The number of hydrogen-bond donors (Lipinski definition) is 2. The highest BCUT2D eigenvalue weighted by atomic mass is 16.2. The van der Waals surface area contributed by atoms with Crippen molar-refractivity contribution in [3.05, 3.63) is 58.5 Å². The van der Waals surface area contributed by atoms with Crippen LogP contribution in [0.15, 0.2) is 47.3 Å². The molecule has 1 aliphatic heterocycles. The van der Waals surface area contributed by atoms with Crippen molar-refractivity contribution < 1.29 is 9.59 Å². The van der Waals surface area contributed by atoms with Gasteiger partial charge in [-0.15, -0.1) is 0 Å². The summed E-state index contributed by atoms with van der Waals surface area (Å²) in [6, 6.07) is 11.9. The summed E-state index contributed by atoms with van der Waals surface area (Å²) in [6.45, 7) is 0.924. The maximum absolute atomic E-state index is 12.4. The van der Waals surface area contributed by atoms with E-state index in [4.69, 9.17) is 0 Å². The van der Waals surface area contributed by atoms with Gasteiger partial charge in [0.05, 0.1) is 5.92 Å². The topological polar surface area (TPSA) is 95.2 Å². The van der Waals surface area contributed by atoms with Crippen LogP contribution >= 0.6 is 0 Å². The Labute approximate surface area is 138 Å². The number of aromatic amines is 1. The lowest BCUT2D eigenvalue weighted by Crippen LogP contribution is -2.44. The summed E-state index contributed by atoms with van der Waals surface area (Å²) in [5.74, 6) is -0.623. The molecule has 0 radical (unpaired) electrons. The van der Waals surface area contributed by atoms with E-state index in [-0.39, 0.29) is 29.0 Å². The molecule has 1 saturated heterocycles. The Balaban J connectivity index is 1.65. The van der Waals surface area contributed by atoms with Crippen molar-refractivity contribution >= 4 is 17.5 Å². The Bertz CT molecular complexity index is 767. The molecule has 7 heteroatoms. The predicted octanol–water partition coefficient (Wildman–Crippen LogP) is 1.26. The highest BCUT2D eigenvalue weighted by molar-refractivity contribution is 5.95. The first-order chi connectivity index (χ1) is 11.6. The van der Waals surface area contributed by atoms with Crippen molar-refractivity contribution in [3.63, 3.8) is 0 Å². The van der Waals surface area contributed by atoms with Gasteiger partial charge < -0.3 is 10.2 Å². The van der Waals surface area contributed by atoms with Gasteiger partial charge in [-0.05, 0) is 31.0 Å². The van der Waals surface area contributed by atoms with Crippen LogP contribution in [0.2, 0.25) is 0 Å². The molecular weight excluding hydrogens is 308 g/mol. The zero-order valence-electron chi connectivity index (χ0n) is 13.1. The third-order valence-corrected chi connectivity index (χ3v) is 4.02. The molecular formula is C17H18N4O3. The fourth-order valence-corrected chi connectivity index (χ4v) is 2.77. The Kier molecular flexibility index (Phi) is 4.69. The van der Waals surface area contributed by atoms with Gasteiger partial charge >= 0.3 is 0 Å². The first-order valence-corrected chi connectivity index (χ1v) is 7.84. The Morgan fingerprint density at radius 3 is 2.67 bits per heavy atom. The minimum Gasteiger partial charge on any atom is -0.336 e. The largest absolute Gasteiger partial charge is 0.336 e. The molecule has 2 amide bonds. The number of carbonyl (C=O) groups is 2. The van der Waals surface area contributed by atoms with Crippen LogP contribution in [0.25, 0.3) is 0 Å². The van der Waals surface area contributed by atoms with E-state index >= 15 is 0 Å². The summed E-state index contributed by atoms with van der Waals surface area (Å²) in [5.41, 5.74) is 0.567. The second kappa shape index (κ2) is 7.08. The number of benzene rings is 1. The molecule has 1 aromatic heterocycles. The van der Waals surface area contributed by atoms with Gasteiger partial charge in [-0.2, -0.15) is 5.10 Å². The average molecular weight is 326 g/mol. The molecule has 1 aromatic carbocycles. The van der Waals surface area contributed by atoms with Gasteiger partial charge in [-0.3, -0.25) is 14.4 Å². The van der Waals surface area contributed by atoms with Crippen LogP contribution < -0.4 is 10.9 Å². The lowest BCUT2D eigenvalue weighted by atomic mass is 9.96. The average Bonchev–Trinajstić information content (AvgIpc) is 2.63. The van der Waals surface area contributed by atoms with Crippen molar-refractivity contribution in [1.29, 1.82) is 0 Å². The fraction of sp³-hybridized carbons (Fsp3) is 0.294. The minimum absolute atomic E-state index is 0.0897. The number of nitrogens with one attached hydrogen (secondary N) is 2. The van der Waals surface area contributed by atoms with Crippen LogP contribution in [0.5, 0.6) is 0 Å². The van der Waals surface area contributed by atoms with Gasteiger partial charge in [0.1, 0.15) is 5.69 Å². The molecule has 0 aliphatic carbocycles. The molecule has 2 aromatic rings. The Morgan fingerprint density at radius 2 is 1.96 bits per heavy atom. The summed E-state index contributed by atoms with van der Waals surface area (Å²) < 4.78 is 0. The van der Waals surface area contributed by atoms with Crippen molar-refractivity contribution in [2.75, 3.05) is 18.4 Å². The van der Waals surface area contributed by atoms with E-state index in [9.17, 15) is 14.4 Å². The zero-order chi connectivity index (χ0) is 16.9. The minimum atomic E-state index is -0.356. The van der Waals surface area contributed by atoms with Crippen LogP contribution in [0.4, 0.5) is 5.69 Å². The lowest BCUT2D eigenvalue weighted by molar-refractivity contribution is -0.121. The van der Waals surface area contributed by atoms with Gasteiger partial charge in [-0.1, -0.05) is 18.2 Å². The summed E-state index contributed by atoms with van der Waals surface area (Å²) in [7, 11) is 0. The number of carbonyl (C=O) groups excluding carboxylic acids is 2. The van der Waals surface area contributed by atoms with Gasteiger partial charge in [0, 0.05) is 24.8 Å². The first-order valence-electron chi connectivity index (χ1n) is 7.84.